The summed E-state index contributed by atoms with van der Waals surface area (Å²) in [5.41, 5.74) is -0.616. The Hall–Kier alpha value is -1.98. The molecule has 1 amide bonds. The summed E-state index contributed by atoms with van der Waals surface area (Å²) in [6.07, 6.45) is 4.63. The van der Waals surface area contributed by atoms with Crippen molar-refractivity contribution in [2.24, 2.45) is 0 Å². The molecule has 1 aromatic rings. The van der Waals surface area contributed by atoms with Gasteiger partial charge >= 0.3 is 5.97 Å². The highest BCUT2D eigenvalue weighted by molar-refractivity contribution is 5.87. The van der Waals surface area contributed by atoms with Gasteiger partial charge < -0.3 is 10.0 Å². The fraction of sp³-hybridized carbons (Fsp3) is 0.538. The van der Waals surface area contributed by atoms with Crippen molar-refractivity contribution in [2.75, 3.05) is 0 Å². The number of amides is 1. The number of rotatable bonds is 4. The Morgan fingerprint density at radius 3 is 2.37 bits per heavy atom. The molecular formula is C13H17N3O3. The van der Waals surface area contributed by atoms with Crippen molar-refractivity contribution < 1.29 is 14.7 Å². The van der Waals surface area contributed by atoms with Crippen LogP contribution < -0.4 is 0 Å². The molecule has 6 heteroatoms. The van der Waals surface area contributed by atoms with E-state index < -0.39 is 11.5 Å². The minimum Gasteiger partial charge on any atom is -0.479 e. The molecule has 1 aliphatic rings. The van der Waals surface area contributed by atoms with Crippen LogP contribution in [0.25, 0.3) is 0 Å². The fourth-order valence-corrected chi connectivity index (χ4v) is 2.47. The lowest BCUT2D eigenvalue weighted by molar-refractivity contribution is -0.159. The second kappa shape index (κ2) is 4.60. The van der Waals surface area contributed by atoms with Crippen LogP contribution in [0.2, 0.25) is 0 Å². The highest BCUT2D eigenvalue weighted by Crippen LogP contribution is 2.38. The lowest BCUT2D eigenvalue weighted by Crippen LogP contribution is -2.54. The van der Waals surface area contributed by atoms with Gasteiger partial charge in [-0.05, 0) is 26.7 Å². The van der Waals surface area contributed by atoms with E-state index in [9.17, 15) is 14.7 Å². The molecule has 1 aliphatic carbocycles. The first-order valence-corrected chi connectivity index (χ1v) is 6.20. The Balaban J connectivity index is 2.57. The Kier molecular flexibility index (Phi) is 3.26. The molecule has 19 heavy (non-hydrogen) atoms. The molecule has 1 atom stereocenters. The smallest absolute Gasteiger partial charge is 0.335 e. The number of carboxylic acids is 1. The average Bonchev–Trinajstić information content (AvgIpc) is 3.13. The maximum atomic E-state index is 11.9. The zero-order valence-electron chi connectivity index (χ0n) is 11.3. The predicted octanol–water partition coefficient (Wildman–Crippen LogP) is 1.10. The summed E-state index contributed by atoms with van der Waals surface area (Å²) >= 11 is 0. The molecule has 1 fully saturated rings. The summed E-state index contributed by atoms with van der Waals surface area (Å²) in [5, 5.41) is 9.64. The van der Waals surface area contributed by atoms with Crippen molar-refractivity contribution in [1.29, 1.82) is 0 Å². The van der Waals surface area contributed by atoms with Crippen LogP contribution in [0.1, 0.15) is 38.1 Å². The third-order valence-electron chi connectivity index (χ3n) is 3.49. The van der Waals surface area contributed by atoms with Gasteiger partial charge in [0.2, 0.25) is 5.91 Å². The molecule has 1 aromatic heterocycles. The summed E-state index contributed by atoms with van der Waals surface area (Å²) in [5.74, 6) is -1.34. The second-order valence-electron chi connectivity index (χ2n) is 4.99. The largest absolute Gasteiger partial charge is 0.479 e. The van der Waals surface area contributed by atoms with Gasteiger partial charge in [0.25, 0.3) is 0 Å². The number of carboxylic acid groups (broad SMARTS) is 1. The third kappa shape index (κ3) is 2.18. The summed E-state index contributed by atoms with van der Waals surface area (Å²) in [6.45, 7) is 4.62. The highest BCUT2D eigenvalue weighted by atomic mass is 16.4. The maximum absolute atomic E-state index is 11.9. The SMILES string of the molecule is CC(=O)N(C1CC1)C(C)(C(=O)O)c1nccnc1C. The molecule has 6 nitrogen and oxygen atoms in total. The number of aliphatic carboxylic acids is 1. The molecule has 102 valence electrons. The zero-order valence-corrected chi connectivity index (χ0v) is 11.3. The van der Waals surface area contributed by atoms with E-state index in [1.165, 1.54) is 31.1 Å². The minimum absolute atomic E-state index is 0.0139. The standard InChI is InChI=1S/C13H17N3O3/c1-8-11(15-7-6-14-8)13(3,12(18)19)16(9(2)17)10-4-5-10/h6-7,10H,4-5H2,1-3H3,(H,18,19). The summed E-state index contributed by atoms with van der Waals surface area (Å²) < 4.78 is 0. The van der Waals surface area contributed by atoms with Crippen molar-refractivity contribution in [3.8, 4) is 0 Å². The van der Waals surface area contributed by atoms with E-state index in [4.69, 9.17) is 0 Å². The van der Waals surface area contributed by atoms with Crippen LogP contribution in [0.3, 0.4) is 0 Å². The van der Waals surface area contributed by atoms with E-state index in [2.05, 4.69) is 9.97 Å². The van der Waals surface area contributed by atoms with Crippen molar-refractivity contribution in [2.45, 2.75) is 45.2 Å². The number of nitrogens with zero attached hydrogens (tertiary/aromatic N) is 3. The monoisotopic (exact) mass is 263 g/mol. The van der Waals surface area contributed by atoms with Gasteiger partial charge in [-0.25, -0.2) is 4.79 Å². The van der Waals surface area contributed by atoms with Gasteiger partial charge in [0.15, 0.2) is 5.54 Å². The van der Waals surface area contributed by atoms with E-state index in [1.54, 1.807) is 6.92 Å². The molecule has 1 unspecified atom stereocenters. The Morgan fingerprint density at radius 2 is 1.95 bits per heavy atom. The van der Waals surface area contributed by atoms with E-state index in [0.717, 1.165) is 12.8 Å². The third-order valence-corrected chi connectivity index (χ3v) is 3.49. The number of hydrogen-bond donors (Lipinski definition) is 1. The molecule has 1 saturated carbocycles. The first-order valence-electron chi connectivity index (χ1n) is 6.20. The normalized spacial score (nSPS) is 17.6. The number of aryl methyl sites for hydroxylation is 1. The Labute approximate surface area is 111 Å². The lowest BCUT2D eigenvalue weighted by atomic mass is 9.93. The molecule has 2 rings (SSSR count). The lowest BCUT2D eigenvalue weighted by Gasteiger charge is -2.37. The average molecular weight is 263 g/mol. The Morgan fingerprint density at radius 1 is 1.37 bits per heavy atom. The Bertz CT molecular complexity index is 528. The van der Waals surface area contributed by atoms with E-state index in [-0.39, 0.29) is 11.9 Å². The van der Waals surface area contributed by atoms with Crippen LogP contribution in [-0.4, -0.2) is 37.9 Å². The number of carbonyl (C=O) groups excluding carboxylic acids is 1. The first kappa shape index (κ1) is 13.5. The molecular weight excluding hydrogens is 246 g/mol. The van der Waals surface area contributed by atoms with Crippen LogP contribution >= 0.6 is 0 Å². The molecule has 0 aliphatic heterocycles. The van der Waals surface area contributed by atoms with E-state index >= 15 is 0 Å². The van der Waals surface area contributed by atoms with E-state index in [0.29, 0.717) is 11.4 Å². The van der Waals surface area contributed by atoms with Crippen LogP contribution in [-0.2, 0) is 15.1 Å². The molecule has 1 N–H and O–H groups in total. The second-order valence-corrected chi connectivity index (χ2v) is 4.99. The minimum atomic E-state index is -1.47. The number of hydrogen-bond acceptors (Lipinski definition) is 4. The predicted molar refractivity (Wildman–Crippen MR) is 67.3 cm³/mol. The summed E-state index contributed by atoms with van der Waals surface area (Å²) in [7, 11) is 0. The van der Waals surface area contributed by atoms with Gasteiger partial charge in [-0.1, -0.05) is 0 Å². The topological polar surface area (TPSA) is 83.4 Å². The molecule has 0 spiro atoms. The van der Waals surface area contributed by atoms with Gasteiger partial charge in [0.1, 0.15) is 0 Å². The first-order chi connectivity index (χ1) is 8.89. The van der Waals surface area contributed by atoms with Crippen molar-refractivity contribution in [3.05, 3.63) is 23.8 Å². The molecule has 0 bridgehead atoms. The van der Waals surface area contributed by atoms with Crippen molar-refractivity contribution in [1.82, 2.24) is 14.9 Å². The van der Waals surface area contributed by atoms with Gasteiger partial charge in [0.05, 0.1) is 11.4 Å². The van der Waals surface area contributed by atoms with Gasteiger partial charge in [-0.15, -0.1) is 0 Å². The molecule has 0 radical (unpaired) electrons. The van der Waals surface area contributed by atoms with Crippen LogP contribution in [0.4, 0.5) is 0 Å². The molecule has 0 aromatic carbocycles. The molecule has 0 saturated heterocycles. The number of carbonyl (C=O) groups is 2. The summed E-state index contributed by atoms with van der Waals surface area (Å²) in [4.78, 5) is 33.3. The van der Waals surface area contributed by atoms with Crippen LogP contribution in [0, 0.1) is 6.92 Å². The van der Waals surface area contributed by atoms with Crippen molar-refractivity contribution >= 4 is 11.9 Å². The maximum Gasteiger partial charge on any atom is 0.335 e. The zero-order chi connectivity index (χ0) is 14.2. The van der Waals surface area contributed by atoms with Gasteiger partial charge in [-0.2, -0.15) is 0 Å². The van der Waals surface area contributed by atoms with E-state index in [1.807, 2.05) is 0 Å². The van der Waals surface area contributed by atoms with Crippen LogP contribution in [0.15, 0.2) is 12.4 Å². The fourth-order valence-electron chi connectivity index (χ4n) is 2.47. The van der Waals surface area contributed by atoms with Crippen molar-refractivity contribution in [3.63, 3.8) is 0 Å². The molecule has 1 heterocycles. The van der Waals surface area contributed by atoms with Crippen LogP contribution in [0.5, 0.6) is 0 Å². The number of aromatic nitrogens is 2. The highest BCUT2D eigenvalue weighted by Gasteiger charge is 2.51. The quantitative estimate of drug-likeness (QED) is 0.879. The van der Waals surface area contributed by atoms with Gasteiger partial charge in [0, 0.05) is 25.4 Å². The van der Waals surface area contributed by atoms with Gasteiger partial charge in [-0.3, -0.25) is 14.8 Å². The summed E-state index contributed by atoms with van der Waals surface area (Å²) in [6, 6.07) is -0.0139.